The van der Waals surface area contributed by atoms with E-state index >= 15 is 0 Å². The molecule has 0 aliphatic heterocycles. The van der Waals surface area contributed by atoms with Crippen LogP contribution in [0.5, 0.6) is 5.75 Å². The Morgan fingerprint density at radius 3 is 2.52 bits per heavy atom. The molecule has 2 aromatic carbocycles. The second kappa shape index (κ2) is 9.17. The average molecular weight is 421 g/mol. The summed E-state index contributed by atoms with van der Waals surface area (Å²) in [6.07, 6.45) is 1.51. The largest absolute Gasteiger partial charge is 0.505 e. The molecule has 1 heterocycles. The van der Waals surface area contributed by atoms with E-state index in [9.17, 15) is 19.5 Å². The number of amides is 2. The summed E-state index contributed by atoms with van der Waals surface area (Å²) in [5.74, 6) is -1.30. The molecule has 8 nitrogen and oxygen atoms in total. The lowest BCUT2D eigenvalue weighted by Crippen LogP contribution is -2.27. The van der Waals surface area contributed by atoms with Crippen molar-refractivity contribution in [3.63, 3.8) is 0 Å². The van der Waals surface area contributed by atoms with Gasteiger partial charge in [-0.2, -0.15) is 0 Å². The molecule has 4 N–H and O–H groups in total. The number of aliphatic carboxylic acids is 1. The van der Waals surface area contributed by atoms with Gasteiger partial charge in [0.15, 0.2) is 5.69 Å². The van der Waals surface area contributed by atoms with Crippen molar-refractivity contribution < 1.29 is 19.8 Å². The monoisotopic (exact) mass is 421 g/mol. The van der Waals surface area contributed by atoms with Crippen LogP contribution in [0.25, 0.3) is 11.1 Å². The number of hydrogen-bond acceptors (Lipinski definition) is 4. The first kappa shape index (κ1) is 21.6. The molecule has 0 radical (unpaired) electrons. The normalized spacial score (nSPS) is 10.5. The number of aryl methyl sites for hydroxylation is 3. The summed E-state index contributed by atoms with van der Waals surface area (Å²) in [6.45, 7) is 1.97. The summed E-state index contributed by atoms with van der Waals surface area (Å²) in [6, 6.07) is 13.8. The van der Waals surface area contributed by atoms with Gasteiger partial charge in [0.1, 0.15) is 5.75 Å². The van der Waals surface area contributed by atoms with Crippen LogP contribution in [0.2, 0.25) is 0 Å². The lowest BCUT2D eigenvalue weighted by atomic mass is 9.97. The van der Waals surface area contributed by atoms with E-state index in [-0.39, 0.29) is 24.3 Å². The van der Waals surface area contributed by atoms with E-state index in [4.69, 9.17) is 5.11 Å². The fourth-order valence-electron chi connectivity index (χ4n) is 3.22. The number of nitrogens with one attached hydrogen (secondary N) is 2. The Bertz CT molecular complexity index is 1200. The topological polar surface area (TPSA) is 121 Å². The lowest BCUT2D eigenvalue weighted by molar-refractivity contribution is -0.136. The molecule has 0 unspecified atom stereocenters. The average Bonchev–Trinajstić information content (AvgIpc) is 2.73. The number of aromatic hydroxyl groups is 1. The first-order chi connectivity index (χ1) is 14.8. The molecule has 8 heteroatoms. The molecule has 0 aliphatic carbocycles. The van der Waals surface area contributed by atoms with Gasteiger partial charge in [0.2, 0.25) is 0 Å². The maximum atomic E-state index is 12.6. The van der Waals surface area contributed by atoms with Gasteiger partial charge in [0, 0.05) is 25.4 Å². The Morgan fingerprint density at radius 2 is 1.81 bits per heavy atom. The Kier molecular flexibility index (Phi) is 6.40. The third kappa shape index (κ3) is 5.11. The summed E-state index contributed by atoms with van der Waals surface area (Å²) >= 11 is 0. The number of carboxylic acid groups (broad SMARTS) is 1. The highest BCUT2D eigenvalue weighted by Gasteiger charge is 2.15. The van der Waals surface area contributed by atoms with Gasteiger partial charge in [0.05, 0.1) is 0 Å². The van der Waals surface area contributed by atoms with E-state index in [1.54, 1.807) is 12.1 Å². The number of benzene rings is 2. The van der Waals surface area contributed by atoms with Crippen molar-refractivity contribution in [2.45, 2.75) is 19.8 Å². The van der Waals surface area contributed by atoms with Crippen molar-refractivity contribution in [2.75, 3.05) is 10.6 Å². The quantitative estimate of drug-likeness (QED) is 0.483. The van der Waals surface area contributed by atoms with Gasteiger partial charge in [0.25, 0.3) is 5.56 Å². The van der Waals surface area contributed by atoms with E-state index in [2.05, 4.69) is 10.6 Å². The second-order valence-corrected chi connectivity index (χ2v) is 7.15. The Hall–Kier alpha value is -4.07. The number of aromatic nitrogens is 1. The number of hydrogen-bond donors (Lipinski definition) is 4. The highest BCUT2D eigenvalue weighted by molar-refractivity contribution is 6.01. The van der Waals surface area contributed by atoms with Crippen molar-refractivity contribution in [3.05, 3.63) is 76.2 Å². The highest BCUT2D eigenvalue weighted by Crippen LogP contribution is 2.29. The van der Waals surface area contributed by atoms with E-state index in [0.29, 0.717) is 11.3 Å². The number of rotatable bonds is 6. The Morgan fingerprint density at radius 1 is 1.06 bits per heavy atom. The molecule has 0 spiro atoms. The molecular weight excluding hydrogens is 398 g/mol. The maximum Gasteiger partial charge on any atom is 0.323 e. The molecule has 3 rings (SSSR count). The summed E-state index contributed by atoms with van der Waals surface area (Å²) < 4.78 is 1.23. The zero-order chi connectivity index (χ0) is 22.5. The first-order valence-corrected chi connectivity index (χ1v) is 9.63. The molecular formula is C23H23N3O5. The fraction of sp³-hybridized carbons (Fsp3) is 0.174. The van der Waals surface area contributed by atoms with Crippen LogP contribution >= 0.6 is 0 Å². The number of pyridine rings is 1. The van der Waals surface area contributed by atoms with Crippen LogP contribution in [0, 0.1) is 6.92 Å². The van der Waals surface area contributed by atoms with Gasteiger partial charge in [-0.1, -0.05) is 36.4 Å². The zero-order valence-electron chi connectivity index (χ0n) is 17.2. The summed E-state index contributed by atoms with van der Waals surface area (Å²) in [5, 5.41) is 24.0. The van der Waals surface area contributed by atoms with Gasteiger partial charge in [-0.3, -0.25) is 14.9 Å². The minimum atomic E-state index is -0.948. The Labute approximate surface area is 178 Å². The Balaban J connectivity index is 1.93. The number of carbonyl (C=O) groups excluding carboxylic acids is 1. The SMILES string of the molecule is Cc1ccccc1-c1ccc(CCC(=O)O)c(NC(=O)Nc2c(O)ccn(C)c2=O)c1. The first-order valence-electron chi connectivity index (χ1n) is 9.63. The maximum absolute atomic E-state index is 12.6. The molecule has 0 saturated carbocycles. The fourth-order valence-corrected chi connectivity index (χ4v) is 3.22. The highest BCUT2D eigenvalue weighted by atomic mass is 16.4. The van der Waals surface area contributed by atoms with Crippen LogP contribution in [0.4, 0.5) is 16.2 Å². The predicted molar refractivity (Wildman–Crippen MR) is 119 cm³/mol. The predicted octanol–water partition coefficient (Wildman–Crippen LogP) is 3.73. The van der Waals surface area contributed by atoms with Crippen molar-refractivity contribution in [2.24, 2.45) is 7.05 Å². The number of carbonyl (C=O) groups is 2. The molecule has 0 bridgehead atoms. The molecule has 0 aliphatic rings. The third-order valence-corrected chi connectivity index (χ3v) is 4.91. The van der Waals surface area contributed by atoms with E-state index in [0.717, 1.165) is 16.7 Å². The minimum absolute atomic E-state index is 0.0972. The van der Waals surface area contributed by atoms with Gasteiger partial charge >= 0.3 is 12.0 Å². The molecule has 31 heavy (non-hydrogen) atoms. The van der Waals surface area contributed by atoms with Crippen LogP contribution in [0.1, 0.15) is 17.5 Å². The van der Waals surface area contributed by atoms with Gasteiger partial charge in [-0.15, -0.1) is 0 Å². The minimum Gasteiger partial charge on any atom is -0.505 e. The van der Waals surface area contributed by atoms with Crippen LogP contribution in [0.3, 0.4) is 0 Å². The molecule has 3 aromatic rings. The molecule has 1 aromatic heterocycles. The summed E-state index contributed by atoms with van der Waals surface area (Å²) in [4.78, 5) is 35.8. The van der Waals surface area contributed by atoms with Crippen molar-refractivity contribution in [1.29, 1.82) is 0 Å². The van der Waals surface area contributed by atoms with E-state index in [1.807, 2.05) is 37.3 Å². The lowest BCUT2D eigenvalue weighted by Gasteiger charge is -2.15. The molecule has 160 valence electrons. The van der Waals surface area contributed by atoms with Gasteiger partial charge in [-0.05, 0) is 47.7 Å². The number of anilines is 2. The van der Waals surface area contributed by atoms with E-state index in [1.165, 1.54) is 23.9 Å². The number of carboxylic acids is 1. The van der Waals surface area contributed by atoms with Crippen molar-refractivity contribution in [3.8, 4) is 16.9 Å². The van der Waals surface area contributed by atoms with Gasteiger partial charge in [-0.25, -0.2) is 4.79 Å². The van der Waals surface area contributed by atoms with Crippen molar-refractivity contribution in [1.82, 2.24) is 4.57 Å². The van der Waals surface area contributed by atoms with Gasteiger partial charge < -0.3 is 20.1 Å². The van der Waals surface area contributed by atoms with Crippen LogP contribution in [0.15, 0.2) is 59.5 Å². The number of nitrogens with zero attached hydrogens (tertiary/aromatic N) is 1. The van der Waals surface area contributed by atoms with Crippen LogP contribution in [-0.2, 0) is 18.3 Å². The smallest absolute Gasteiger partial charge is 0.323 e. The summed E-state index contributed by atoms with van der Waals surface area (Å²) in [7, 11) is 1.50. The second-order valence-electron chi connectivity index (χ2n) is 7.15. The number of urea groups is 1. The van der Waals surface area contributed by atoms with E-state index < -0.39 is 17.6 Å². The molecule has 2 amide bonds. The molecule has 0 saturated heterocycles. The third-order valence-electron chi connectivity index (χ3n) is 4.91. The van der Waals surface area contributed by atoms with Crippen LogP contribution < -0.4 is 16.2 Å². The van der Waals surface area contributed by atoms with Crippen molar-refractivity contribution >= 4 is 23.4 Å². The van der Waals surface area contributed by atoms with Crippen LogP contribution in [-0.4, -0.2) is 26.8 Å². The molecule has 0 atom stereocenters. The summed E-state index contributed by atoms with van der Waals surface area (Å²) in [5.41, 5.74) is 3.14. The zero-order valence-corrected chi connectivity index (χ0v) is 17.2. The molecule has 0 fully saturated rings. The standard InChI is InChI=1S/C23H23N3O5/c1-14-5-3-4-6-17(14)16-8-7-15(9-10-20(28)29)18(13-16)24-23(31)25-21-19(27)11-12-26(2)22(21)30/h3-8,11-13,27H,9-10H2,1-2H3,(H,28,29)(H2,24,25,31).